The zero-order chi connectivity index (χ0) is 13.8. The summed E-state index contributed by atoms with van der Waals surface area (Å²) in [6, 6.07) is 2.20. The molecule has 0 aliphatic heterocycles. The molecule has 0 amide bonds. The second-order valence-electron chi connectivity index (χ2n) is 6.10. The maximum absolute atomic E-state index is 10.2. The zero-order valence-electron chi connectivity index (χ0n) is 12.6. The van der Waals surface area contributed by atoms with E-state index in [1.54, 1.807) is 0 Å². The molecular formula is C16H28N2O. The minimum Gasteiger partial charge on any atom is -0.393 e. The molecule has 3 unspecified atom stereocenters. The number of aromatic nitrogens is 2. The summed E-state index contributed by atoms with van der Waals surface area (Å²) in [7, 11) is 2.02. The van der Waals surface area contributed by atoms with Gasteiger partial charge in [-0.3, -0.25) is 4.68 Å². The van der Waals surface area contributed by atoms with Gasteiger partial charge in [-0.15, -0.1) is 0 Å². The van der Waals surface area contributed by atoms with E-state index in [1.807, 2.05) is 11.7 Å². The average molecular weight is 264 g/mol. The van der Waals surface area contributed by atoms with Crippen LogP contribution in [0.2, 0.25) is 0 Å². The van der Waals surface area contributed by atoms with Crippen molar-refractivity contribution in [1.82, 2.24) is 9.78 Å². The molecule has 1 heterocycles. The Hall–Kier alpha value is -0.830. The molecule has 1 saturated carbocycles. The molecule has 2 rings (SSSR count). The lowest BCUT2D eigenvalue weighted by Gasteiger charge is -2.33. The van der Waals surface area contributed by atoms with E-state index in [2.05, 4.69) is 25.0 Å². The van der Waals surface area contributed by atoms with Crippen LogP contribution >= 0.6 is 0 Å². The molecule has 1 N–H and O–H groups in total. The Morgan fingerprint density at radius 3 is 2.79 bits per heavy atom. The van der Waals surface area contributed by atoms with Crippen LogP contribution in [0.4, 0.5) is 0 Å². The third-order valence-corrected chi connectivity index (χ3v) is 4.61. The highest BCUT2D eigenvalue weighted by Gasteiger charge is 2.29. The molecule has 1 aromatic rings. The SMILES string of the molecule is CCCC1CCC(O)C(Cc2cc(CC)nn2C)C1. The van der Waals surface area contributed by atoms with E-state index < -0.39 is 0 Å². The van der Waals surface area contributed by atoms with Crippen LogP contribution in [0, 0.1) is 11.8 Å². The Morgan fingerprint density at radius 1 is 1.37 bits per heavy atom. The van der Waals surface area contributed by atoms with Crippen molar-refractivity contribution < 1.29 is 5.11 Å². The number of aliphatic hydroxyl groups excluding tert-OH is 1. The maximum Gasteiger partial charge on any atom is 0.0624 e. The number of hydrogen-bond donors (Lipinski definition) is 1. The fraction of sp³-hybridized carbons (Fsp3) is 0.812. The van der Waals surface area contributed by atoms with Gasteiger partial charge in [0.25, 0.3) is 0 Å². The van der Waals surface area contributed by atoms with E-state index >= 15 is 0 Å². The first kappa shape index (κ1) is 14.6. The molecule has 0 bridgehead atoms. The predicted octanol–water partition coefficient (Wildman–Crippen LogP) is 3.10. The van der Waals surface area contributed by atoms with E-state index in [0.717, 1.165) is 30.9 Å². The van der Waals surface area contributed by atoms with Gasteiger partial charge in [-0.1, -0.05) is 26.7 Å². The monoisotopic (exact) mass is 264 g/mol. The first-order valence-electron chi connectivity index (χ1n) is 7.83. The third kappa shape index (κ3) is 3.59. The van der Waals surface area contributed by atoms with Crippen LogP contribution in [-0.4, -0.2) is 21.0 Å². The first-order chi connectivity index (χ1) is 9.13. The molecule has 1 aromatic heterocycles. The summed E-state index contributed by atoms with van der Waals surface area (Å²) >= 11 is 0. The van der Waals surface area contributed by atoms with Gasteiger partial charge in [0.1, 0.15) is 0 Å². The lowest BCUT2D eigenvalue weighted by atomic mass is 9.76. The Balaban J connectivity index is 2.01. The van der Waals surface area contributed by atoms with Gasteiger partial charge in [-0.2, -0.15) is 5.10 Å². The largest absolute Gasteiger partial charge is 0.393 e. The van der Waals surface area contributed by atoms with Crippen LogP contribution in [-0.2, 0) is 19.9 Å². The number of rotatable bonds is 5. The van der Waals surface area contributed by atoms with Gasteiger partial charge in [0.2, 0.25) is 0 Å². The van der Waals surface area contributed by atoms with E-state index in [9.17, 15) is 5.11 Å². The second-order valence-corrected chi connectivity index (χ2v) is 6.10. The van der Waals surface area contributed by atoms with Gasteiger partial charge >= 0.3 is 0 Å². The van der Waals surface area contributed by atoms with Crippen LogP contribution in [0.5, 0.6) is 0 Å². The van der Waals surface area contributed by atoms with E-state index in [1.165, 1.54) is 31.4 Å². The number of hydrogen-bond acceptors (Lipinski definition) is 2. The molecule has 3 heteroatoms. The van der Waals surface area contributed by atoms with Crippen molar-refractivity contribution in [3.05, 3.63) is 17.5 Å². The number of nitrogens with zero attached hydrogens (tertiary/aromatic N) is 2. The summed E-state index contributed by atoms with van der Waals surface area (Å²) in [6.07, 6.45) is 7.79. The Kier molecular flexibility index (Phi) is 5.03. The van der Waals surface area contributed by atoms with Crippen molar-refractivity contribution in [1.29, 1.82) is 0 Å². The normalized spacial score (nSPS) is 27.7. The van der Waals surface area contributed by atoms with E-state index in [-0.39, 0.29) is 6.10 Å². The highest BCUT2D eigenvalue weighted by Crippen LogP contribution is 2.34. The van der Waals surface area contributed by atoms with E-state index in [4.69, 9.17) is 0 Å². The van der Waals surface area contributed by atoms with Crippen LogP contribution < -0.4 is 0 Å². The molecule has 108 valence electrons. The molecule has 3 atom stereocenters. The summed E-state index contributed by atoms with van der Waals surface area (Å²) in [5.41, 5.74) is 2.44. The lowest BCUT2D eigenvalue weighted by molar-refractivity contribution is 0.0454. The minimum atomic E-state index is -0.118. The number of aliphatic hydroxyl groups is 1. The predicted molar refractivity (Wildman–Crippen MR) is 78.0 cm³/mol. The number of aryl methyl sites for hydroxylation is 2. The van der Waals surface area contributed by atoms with Crippen molar-refractivity contribution in [3.63, 3.8) is 0 Å². The summed E-state index contributed by atoms with van der Waals surface area (Å²) in [6.45, 7) is 4.40. The Labute approximate surface area is 117 Å². The summed E-state index contributed by atoms with van der Waals surface area (Å²) < 4.78 is 2.00. The molecule has 1 fully saturated rings. The van der Waals surface area contributed by atoms with Crippen LogP contribution in [0.3, 0.4) is 0 Å². The van der Waals surface area contributed by atoms with Gasteiger partial charge in [-0.05, 0) is 50.0 Å². The van der Waals surface area contributed by atoms with Gasteiger partial charge in [0.15, 0.2) is 0 Å². The minimum absolute atomic E-state index is 0.118. The van der Waals surface area contributed by atoms with Gasteiger partial charge in [0, 0.05) is 12.7 Å². The smallest absolute Gasteiger partial charge is 0.0624 e. The average Bonchev–Trinajstić information content (AvgIpc) is 2.75. The second kappa shape index (κ2) is 6.56. The molecule has 0 radical (unpaired) electrons. The summed E-state index contributed by atoms with van der Waals surface area (Å²) in [5, 5.41) is 14.8. The van der Waals surface area contributed by atoms with Crippen molar-refractivity contribution >= 4 is 0 Å². The molecule has 0 aromatic carbocycles. The quantitative estimate of drug-likeness (QED) is 0.887. The highest BCUT2D eigenvalue weighted by molar-refractivity contribution is 5.11. The highest BCUT2D eigenvalue weighted by atomic mass is 16.3. The standard InChI is InChI=1S/C16H28N2O/c1-4-6-12-7-8-16(19)13(9-12)10-15-11-14(5-2)17-18(15)3/h11-13,16,19H,4-10H2,1-3H3. The van der Waals surface area contributed by atoms with Crippen molar-refractivity contribution in [3.8, 4) is 0 Å². The maximum atomic E-state index is 10.2. The molecule has 19 heavy (non-hydrogen) atoms. The van der Waals surface area contributed by atoms with Gasteiger partial charge < -0.3 is 5.11 Å². The first-order valence-corrected chi connectivity index (χ1v) is 7.83. The molecule has 3 nitrogen and oxygen atoms in total. The Bertz CT molecular complexity index is 399. The molecule has 1 aliphatic carbocycles. The van der Waals surface area contributed by atoms with Crippen molar-refractivity contribution in [2.45, 2.75) is 64.9 Å². The van der Waals surface area contributed by atoms with Crippen molar-refractivity contribution in [2.24, 2.45) is 18.9 Å². The van der Waals surface area contributed by atoms with Crippen molar-refractivity contribution in [2.75, 3.05) is 0 Å². The molecular weight excluding hydrogens is 236 g/mol. The van der Waals surface area contributed by atoms with Crippen LogP contribution in [0.25, 0.3) is 0 Å². The third-order valence-electron chi connectivity index (χ3n) is 4.61. The Morgan fingerprint density at radius 2 is 2.16 bits per heavy atom. The van der Waals surface area contributed by atoms with Crippen LogP contribution in [0.1, 0.15) is 57.3 Å². The summed E-state index contributed by atoms with van der Waals surface area (Å²) in [5.74, 6) is 1.24. The zero-order valence-corrected chi connectivity index (χ0v) is 12.6. The van der Waals surface area contributed by atoms with Gasteiger partial charge in [-0.25, -0.2) is 0 Å². The van der Waals surface area contributed by atoms with Gasteiger partial charge in [0.05, 0.1) is 11.8 Å². The molecule has 1 aliphatic rings. The van der Waals surface area contributed by atoms with Crippen LogP contribution in [0.15, 0.2) is 6.07 Å². The van der Waals surface area contributed by atoms with E-state index in [0.29, 0.717) is 5.92 Å². The fourth-order valence-electron chi connectivity index (χ4n) is 3.44. The lowest BCUT2D eigenvalue weighted by Crippen LogP contribution is -2.31. The topological polar surface area (TPSA) is 38.1 Å². The molecule has 0 spiro atoms. The summed E-state index contributed by atoms with van der Waals surface area (Å²) in [4.78, 5) is 0. The molecule has 0 saturated heterocycles. The fourth-order valence-corrected chi connectivity index (χ4v) is 3.44.